The third-order valence-electron chi connectivity index (χ3n) is 3.15. The average molecular weight is 226 g/mol. The summed E-state index contributed by atoms with van der Waals surface area (Å²) in [6.07, 6.45) is 2.93. The van der Waals surface area contributed by atoms with E-state index in [-0.39, 0.29) is 0 Å². The largest absolute Gasteiger partial charge is 0.341 e. The highest BCUT2D eigenvalue weighted by molar-refractivity contribution is 5.76. The first-order chi connectivity index (χ1) is 7.42. The van der Waals surface area contributed by atoms with Crippen LogP contribution in [0.25, 0.3) is 0 Å². The van der Waals surface area contributed by atoms with Gasteiger partial charge in [0.05, 0.1) is 0 Å². The van der Waals surface area contributed by atoms with E-state index in [1.54, 1.807) is 0 Å². The van der Waals surface area contributed by atoms with Crippen molar-refractivity contribution < 1.29 is 4.79 Å². The number of nitrogens with one attached hydrogen (secondary N) is 1. The zero-order valence-corrected chi connectivity index (χ0v) is 11.2. The molecule has 16 heavy (non-hydrogen) atoms. The van der Waals surface area contributed by atoms with Crippen molar-refractivity contribution in [2.75, 3.05) is 19.6 Å². The molecule has 1 amide bonds. The Bertz CT molecular complexity index is 233. The van der Waals surface area contributed by atoms with Gasteiger partial charge < -0.3 is 10.2 Å². The van der Waals surface area contributed by atoms with Crippen LogP contribution in [0.2, 0.25) is 0 Å². The molecule has 0 unspecified atom stereocenters. The SMILES string of the molecule is CCC(=O)N1CC[C@H](NCCC(C)(C)C)C1. The second-order valence-electron chi connectivity index (χ2n) is 5.94. The third kappa shape index (κ3) is 4.52. The molecule has 0 aliphatic carbocycles. The molecule has 1 fully saturated rings. The number of carbonyl (C=O) groups is 1. The average Bonchev–Trinajstić information content (AvgIpc) is 2.63. The van der Waals surface area contributed by atoms with Gasteiger partial charge in [-0.3, -0.25) is 4.79 Å². The smallest absolute Gasteiger partial charge is 0.222 e. The van der Waals surface area contributed by atoms with Crippen molar-refractivity contribution >= 4 is 5.91 Å². The number of carbonyl (C=O) groups excluding carboxylic acids is 1. The number of nitrogens with zero attached hydrogens (tertiary/aromatic N) is 1. The van der Waals surface area contributed by atoms with Crippen molar-refractivity contribution in [1.29, 1.82) is 0 Å². The van der Waals surface area contributed by atoms with E-state index in [4.69, 9.17) is 0 Å². The standard InChI is InChI=1S/C13H26N2O/c1-5-12(16)15-9-6-11(10-15)14-8-7-13(2,3)4/h11,14H,5-10H2,1-4H3/t11-/m0/s1. The molecule has 1 heterocycles. The van der Waals surface area contributed by atoms with E-state index < -0.39 is 0 Å². The highest BCUT2D eigenvalue weighted by Crippen LogP contribution is 2.18. The number of rotatable bonds is 4. The van der Waals surface area contributed by atoms with Gasteiger partial charge in [-0.25, -0.2) is 0 Å². The molecule has 94 valence electrons. The first-order valence-electron chi connectivity index (χ1n) is 6.43. The van der Waals surface area contributed by atoms with Crippen LogP contribution in [0.15, 0.2) is 0 Å². The molecule has 1 aliphatic heterocycles. The minimum Gasteiger partial charge on any atom is -0.341 e. The van der Waals surface area contributed by atoms with Crippen molar-refractivity contribution in [1.82, 2.24) is 10.2 Å². The molecule has 1 N–H and O–H groups in total. The predicted molar refractivity (Wildman–Crippen MR) is 67.4 cm³/mol. The first-order valence-corrected chi connectivity index (χ1v) is 6.43. The highest BCUT2D eigenvalue weighted by Gasteiger charge is 2.24. The Labute approximate surface area is 99.6 Å². The van der Waals surface area contributed by atoms with Gasteiger partial charge in [-0.05, 0) is 24.8 Å². The normalized spacial score (nSPS) is 21.5. The van der Waals surface area contributed by atoms with Gasteiger partial charge in [-0.2, -0.15) is 0 Å². The molecule has 1 aliphatic rings. The van der Waals surface area contributed by atoms with Gasteiger partial charge in [0.2, 0.25) is 5.91 Å². The van der Waals surface area contributed by atoms with Gasteiger partial charge >= 0.3 is 0 Å². The summed E-state index contributed by atoms with van der Waals surface area (Å²) in [6, 6.07) is 0.512. The molecule has 1 atom stereocenters. The van der Waals surface area contributed by atoms with Crippen LogP contribution in [0, 0.1) is 5.41 Å². The van der Waals surface area contributed by atoms with E-state index in [2.05, 4.69) is 26.1 Å². The van der Waals surface area contributed by atoms with Crippen LogP contribution in [-0.2, 0) is 4.79 Å². The van der Waals surface area contributed by atoms with Gasteiger partial charge in [-0.1, -0.05) is 27.7 Å². The molecular weight excluding hydrogens is 200 g/mol. The second-order valence-corrected chi connectivity index (χ2v) is 5.94. The van der Waals surface area contributed by atoms with Gasteiger partial charge in [-0.15, -0.1) is 0 Å². The monoisotopic (exact) mass is 226 g/mol. The second kappa shape index (κ2) is 5.67. The Kier molecular flexibility index (Phi) is 4.78. The summed E-state index contributed by atoms with van der Waals surface area (Å²) >= 11 is 0. The Hall–Kier alpha value is -0.570. The van der Waals surface area contributed by atoms with E-state index in [0.29, 0.717) is 23.8 Å². The van der Waals surface area contributed by atoms with Crippen molar-refractivity contribution in [2.45, 2.75) is 53.0 Å². The van der Waals surface area contributed by atoms with E-state index >= 15 is 0 Å². The lowest BCUT2D eigenvalue weighted by Crippen LogP contribution is -2.36. The Morgan fingerprint density at radius 1 is 1.44 bits per heavy atom. The molecule has 0 spiro atoms. The summed E-state index contributed by atoms with van der Waals surface area (Å²) in [5.74, 6) is 0.292. The van der Waals surface area contributed by atoms with Crippen LogP contribution in [0.1, 0.15) is 47.0 Å². The highest BCUT2D eigenvalue weighted by atomic mass is 16.2. The molecule has 1 rings (SSSR count). The number of hydrogen-bond donors (Lipinski definition) is 1. The molecule has 3 nitrogen and oxygen atoms in total. The summed E-state index contributed by atoms with van der Waals surface area (Å²) < 4.78 is 0. The number of hydrogen-bond acceptors (Lipinski definition) is 2. The van der Waals surface area contributed by atoms with E-state index in [1.807, 2.05) is 11.8 Å². The zero-order valence-electron chi connectivity index (χ0n) is 11.2. The van der Waals surface area contributed by atoms with Crippen molar-refractivity contribution in [2.24, 2.45) is 5.41 Å². The summed E-state index contributed by atoms with van der Waals surface area (Å²) in [5, 5.41) is 3.55. The fourth-order valence-corrected chi connectivity index (χ4v) is 2.03. The van der Waals surface area contributed by atoms with Crippen LogP contribution < -0.4 is 5.32 Å². The van der Waals surface area contributed by atoms with Crippen LogP contribution in [0.3, 0.4) is 0 Å². The Morgan fingerprint density at radius 2 is 2.12 bits per heavy atom. The summed E-state index contributed by atoms with van der Waals surface area (Å²) in [4.78, 5) is 13.5. The maximum Gasteiger partial charge on any atom is 0.222 e. The summed E-state index contributed by atoms with van der Waals surface area (Å²) in [7, 11) is 0. The Morgan fingerprint density at radius 3 is 2.69 bits per heavy atom. The first kappa shape index (κ1) is 13.5. The van der Waals surface area contributed by atoms with Crippen molar-refractivity contribution in [3.8, 4) is 0 Å². The molecule has 0 radical (unpaired) electrons. The van der Waals surface area contributed by atoms with E-state index in [0.717, 1.165) is 26.1 Å². The molecule has 0 bridgehead atoms. The molecule has 3 heteroatoms. The quantitative estimate of drug-likeness (QED) is 0.795. The molecule has 0 aromatic carbocycles. The minimum absolute atomic E-state index is 0.292. The lowest BCUT2D eigenvalue weighted by molar-refractivity contribution is -0.129. The van der Waals surface area contributed by atoms with Gasteiger partial charge in [0.15, 0.2) is 0 Å². The van der Waals surface area contributed by atoms with Gasteiger partial charge in [0.25, 0.3) is 0 Å². The Balaban J connectivity index is 2.19. The molecule has 0 aromatic heterocycles. The summed E-state index contributed by atoms with van der Waals surface area (Å²) in [6.45, 7) is 11.6. The minimum atomic E-state index is 0.292. The lowest BCUT2D eigenvalue weighted by Gasteiger charge is -2.20. The zero-order chi connectivity index (χ0) is 12.2. The van der Waals surface area contributed by atoms with Crippen molar-refractivity contribution in [3.05, 3.63) is 0 Å². The lowest BCUT2D eigenvalue weighted by atomic mass is 9.92. The number of amides is 1. The topological polar surface area (TPSA) is 32.3 Å². The molecule has 0 aromatic rings. The van der Waals surface area contributed by atoms with E-state index in [1.165, 1.54) is 6.42 Å². The van der Waals surface area contributed by atoms with E-state index in [9.17, 15) is 4.79 Å². The molecular formula is C13H26N2O. The fraction of sp³-hybridized carbons (Fsp3) is 0.923. The maximum atomic E-state index is 11.5. The molecule has 1 saturated heterocycles. The van der Waals surface area contributed by atoms with Crippen LogP contribution >= 0.6 is 0 Å². The van der Waals surface area contributed by atoms with Gasteiger partial charge in [0, 0.05) is 25.6 Å². The van der Waals surface area contributed by atoms with Crippen molar-refractivity contribution in [3.63, 3.8) is 0 Å². The molecule has 0 saturated carbocycles. The fourth-order valence-electron chi connectivity index (χ4n) is 2.03. The van der Waals surface area contributed by atoms with Crippen LogP contribution in [0.5, 0.6) is 0 Å². The summed E-state index contributed by atoms with van der Waals surface area (Å²) in [5.41, 5.74) is 0.393. The third-order valence-corrected chi connectivity index (χ3v) is 3.15. The predicted octanol–water partition coefficient (Wildman–Crippen LogP) is 2.02. The number of likely N-dealkylation sites (tertiary alicyclic amines) is 1. The van der Waals surface area contributed by atoms with Crippen LogP contribution in [-0.4, -0.2) is 36.5 Å². The van der Waals surface area contributed by atoms with Gasteiger partial charge in [0.1, 0.15) is 0 Å². The maximum absolute atomic E-state index is 11.5. The van der Waals surface area contributed by atoms with Crippen LogP contribution in [0.4, 0.5) is 0 Å².